The molecule has 2 heterocycles. The van der Waals surface area contributed by atoms with Crippen molar-refractivity contribution in [1.29, 1.82) is 0 Å². The van der Waals surface area contributed by atoms with Crippen LogP contribution >= 0.6 is 0 Å². The summed E-state index contributed by atoms with van der Waals surface area (Å²) >= 11 is 0. The molecule has 138 valence electrons. The van der Waals surface area contributed by atoms with Crippen molar-refractivity contribution < 1.29 is 39.5 Å². The van der Waals surface area contributed by atoms with Crippen molar-refractivity contribution in [3.05, 3.63) is 11.6 Å². The van der Waals surface area contributed by atoms with Crippen LogP contribution in [0.1, 0.15) is 26.7 Å². The normalized spacial score (nSPS) is 51.9. The summed E-state index contributed by atoms with van der Waals surface area (Å²) < 4.78 is 11.6. The summed E-state index contributed by atoms with van der Waals surface area (Å²) in [5.74, 6) is -2.09. The molecule has 3 N–H and O–H groups in total. The van der Waals surface area contributed by atoms with Crippen molar-refractivity contribution >= 4 is 11.8 Å². The molecule has 0 aromatic heterocycles. The van der Waals surface area contributed by atoms with Gasteiger partial charge < -0.3 is 34.7 Å². The fourth-order valence-corrected chi connectivity index (χ4v) is 5.65. The van der Waals surface area contributed by atoms with E-state index in [-0.39, 0.29) is 18.6 Å². The number of ketones is 1. The van der Waals surface area contributed by atoms with Gasteiger partial charge in [0.05, 0.1) is 30.3 Å². The first-order valence-electron chi connectivity index (χ1n) is 8.38. The molecule has 2 bridgehead atoms. The highest BCUT2D eigenvalue weighted by Gasteiger charge is 2.84. The van der Waals surface area contributed by atoms with Crippen LogP contribution in [0.25, 0.3) is 0 Å². The largest absolute Gasteiger partial charge is 0.550 e. The van der Waals surface area contributed by atoms with Crippen molar-refractivity contribution in [2.24, 2.45) is 10.8 Å². The summed E-state index contributed by atoms with van der Waals surface area (Å²) in [5, 5.41) is 43.4. The Bertz CT molecular complexity index is 682. The number of carboxylic acid groups (broad SMARTS) is 1. The molecule has 2 aliphatic carbocycles. The van der Waals surface area contributed by atoms with Crippen LogP contribution in [0.15, 0.2) is 11.6 Å². The predicted octanol–water partition coefficient (Wildman–Crippen LogP) is -2.33. The van der Waals surface area contributed by atoms with Crippen molar-refractivity contribution in [3.63, 3.8) is 0 Å². The number of aliphatic hydroxyl groups is 3. The van der Waals surface area contributed by atoms with Crippen LogP contribution in [0.5, 0.6) is 0 Å². The molecule has 0 amide bonds. The van der Waals surface area contributed by atoms with E-state index in [4.69, 9.17) is 9.47 Å². The number of fused-ring (bicyclic) bond motifs is 2. The number of aliphatic carboxylic acids is 1. The predicted molar refractivity (Wildman–Crippen MR) is 78.9 cm³/mol. The number of hydrogen-bond donors (Lipinski definition) is 3. The number of carbonyl (C=O) groups is 2. The van der Waals surface area contributed by atoms with Gasteiger partial charge in [0, 0.05) is 17.8 Å². The van der Waals surface area contributed by atoms with Gasteiger partial charge in [-0.05, 0) is 25.0 Å². The summed E-state index contributed by atoms with van der Waals surface area (Å²) in [6.45, 7) is 3.51. The Kier molecular flexibility index (Phi) is 3.35. The van der Waals surface area contributed by atoms with Gasteiger partial charge in [-0.25, -0.2) is 0 Å². The van der Waals surface area contributed by atoms with Gasteiger partial charge in [0.15, 0.2) is 5.78 Å². The highest BCUT2D eigenvalue weighted by atomic mass is 16.6. The zero-order chi connectivity index (χ0) is 18.4. The Labute approximate surface area is 144 Å². The van der Waals surface area contributed by atoms with Crippen LogP contribution in [0.2, 0.25) is 0 Å². The zero-order valence-corrected chi connectivity index (χ0v) is 14.0. The molecule has 4 rings (SSSR count). The summed E-state index contributed by atoms with van der Waals surface area (Å²) in [6, 6.07) is 0. The summed E-state index contributed by atoms with van der Waals surface area (Å²) in [4.78, 5) is 23.7. The quantitative estimate of drug-likeness (QED) is 0.480. The molecule has 8 nitrogen and oxygen atoms in total. The molecule has 1 spiro atoms. The molecule has 8 heteroatoms. The molecule has 2 saturated heterocycles. The lowest BCUT2D eigenvalue weighted by molar-refractivity contribution is -0.314. The molecule has 0 aromatic carbocycles. The highest BCUT2D eigenvalue weighted by Crippen LogP contribution is 2.72. The fraction of sp³-hybridized carbons (Fsp3) is 0.765. The Morgan fingerprint density at radius 1 is 1.48 bits per heavy atom. The number of epoxide rings is 1. The zero-order valence-electron chi connectivity index (χ0n) is 14.0. The van der Waals surface area contributed by atoms with Crippen molar-refractivity contribution in [1.82, 2.24) is 0 Å². The van der Waals surface area contributed by atoms with E-state index >= 15 is 0 Å². The first-order chi connectivity index (χ1) is 11.6. The third kappa shape index (κ3) is 1.74. The van der Waals surface area contributed by atoms with Crippen LogP contribution in [0.3, 0.4) is 0 Å². The topological polar surface area (TPSA) is 140 Å². The van der Waals surface area contributed by atoms with Crippen LogP contribution < -0.4 is 5.11 Å². The number of Topliss-reactive ketones (excluding diaryl/α,β-unsaturated/α-hetero) is 1. The number of carboxylic acids is 1. The monoisotopic (exact) mass is 353 g/mol. The van der Waals surface area contributed by atoms with Crippen molar-refractivity contribution in [3.8, 4) is 0 Å². The molecule has 8 atom stereocenters. The molecule has 0 radical (unpaired) electrons. The van der Waals surface area contributed by atoms with E-state index in [0.717, 1.165) is 0 Å². The molecule has 4 aliphatic rings. The molecule has 1 saturated carbocycles. The lowest BCUT2D eigenvalue weighted by Crippen LogP contribution is -2.73. The standard InChI is InChI=1S/C17H22O8/c1-7-3-10-17(13(23)12(7)22,9(19)4-11(20)21)15(2)5-8(18)14(25-10)16(15)6-24-16/h3,8-10,13-14,18-19,23H,4-6H2,1-2H3,(H,20,21)/p-1/t8-,9?,10-,13-,14-,15+,16+,17-/m1/s1. The van der Waals surface area contributed by atoms with E-state index in [2.05, 4.69) is 0 Å². The minimum Gasteiger partial charge on any atom is -0.550 e. The average molecular weight is 353 g/mol. The molecular weight excluding hydrogens is 332 g/mol. The number of hydrogen-bond acceptors (Lipinski definition) is 8. The SMILES string of the molecule is CC1=C[C@H]2O[C@@H]3[C@H](O)C[C@](C)([C@@]2(C(O)CC(=O)[O-])[C@H](O)C1=O)[C@]31CO1. The smallest absolute Gasteiger partial charge is 0.187 e. The second-order valence-electron chi connectivity index (χ2n) is 7.90. The summed E-state index contributed by atoms with van der Waals surface area (Å²) in [7, 11) is 0. The van der Waals surface area contributed by atoms with Crippen LogP contribution in [-0.2, 0) is 19.1 Å². The second-order valence-corrected chi connectivity index (χ2v) is 7.90. The molecule has 1 unspecified atom stereocenters. The van der Waals surface area contributed by atoms with E-state index in [1.165, 1.54) is 13.0 Å². The maximum atomic E-state index is 12.6. The van der Waals surface area contributed by atoms with Gasteiger partial charge in [0.1, 0.15) is 17.8 Å². The molecule has 25 heavy (non-hydrogen) atoms. The highest BCUT2D eigenvalue weighted by molar-refractivity contribution is 6.00. The number of rotatable bonds is 3. The maximum Gasteiger partial charge on any atom is 0.187 e. The fourth-order valence-electron chi connectivity index (χ4n) is 5.65. The van der Waals surface area contributed by atoms with Gasteiger partial charge in [-0.1, -0.05) is 6.92 Å². The molecule has 0 aromatic rings. The van der Waals surface area contributed by atoms with Gasteiger partial charge in [-0.2, -0.15) is 0 Å². The molecule has 3 fully saturated rings. The van der Waals surface area contributed by atoms with Gasteiger partial charge in [-0.3, -0.25) is 4.79 Å². The van der Waals surface area contributed by atoms with Gasteiger partial charge >= 0.3 is 0 Å². The minimum atomic E-state index is -1.67. The third-order valence-corrected chi connectivity index (χ3v) is 6.94. The lowest BCUT2D eigenvalue weighted by atomic mass is 9.48. The third-order valence-electron chi connectivity index (χ3n) is 6.94. The summed E-state index contributed by atoms with van der Waals surface area (Å²) in [5.41, 5.74) is -3.36. The second kappa shape index (κ2) is 4.89. The average Bonchev–Trinajstić information content (AvgIpc) is 3.27. The van der Waals surface area contributed by atoms with Crippen LogP contribution in [0, 0.1) is 10.8 Å². The van der Waals surface area contributed by atoms with E-state index in [9.17, 15) is 30.0 Å². The Hall–Kier alpha value is -1.32. The van der Waals surface area contributed by atoms with E-state index < -0.39 is 65.1 Å². The number of aliphatic hydroxyl groups excluding tert-OH is 3. The van der Waals surface area contributed by atoms with Gasteiger partial charge in [-0.15, -0.1) is 0 Å². The molecule has 2 aliphatic heterocycles. The van der Waals surface area contributed by atoms with Crippen molar-refractivity contribution in [2.75, 3.05) is 6.61 Å². The summed E-state index contributed by atoms with van der Waals surface area (Å²) in [6.07, 6.45) is -4.89. The Balaban J connectivity index is 1.95. The minimum absolute atomic E-state index is 0.121. The first kappa shape index (κ1) is 17.1. The van der Waals surface area contributed by atoms with Gasteiger partial charge in [0.25, 0.3) is 0 Å². The Morgan fingerprint density at radius 2 is 2.12 bits per heavy atom. The van der Waals surface area contributed by atoms with Crippen LogP contribution in [0.4, 0.5) is 0 Å². The van der Waals surface area contributed by atoms with E-state index in [1.807, 2.05) is 0 Å². The Morgan fingerprint density at radius 3 is 2.68 bits per heavy atom. The first-order valence-corrected chi connectivity index (χ1v) is 8.38. The van der Waals surface area contributed by atoms with Crippen molar-refractivity contribution in [2.45, 2.75) is 62.8 Å². The van der Waals surface area contributed by atoms with E-state index in [1.54, 1.807) is 6.92 Å². The van der Waals surface area contributed by atoms with E-state index in [0.29, 0.717) is 0 Å². The van der Waals surface area contributed by atoms with Crippen LogP contribution in [-0.4, -0.2) is 69.8 Å². The molecular formula is C17H21O8-. The number of ether oxygens (including phenoxy) is 2. The maximum absolute atomic E-state index is 12.6. The lowest BCUT2D eigenvalue weighted by Gasteiger charge is -2.60. The van der Waals surface area contributed by atoms with Gasteiger partial charge in [0.2, 0.25) is 0 Å². The number of carbonyl (C=O) groups excluding carboxylic acids is 2.